The summed E-state index contributed by atoms with van der Waals surface area (Å²) in [6.07, 6.45) is 13.3. The van der Waals surface area contributed by atoms with E-state index in [4.69, 9.17) is 5.41 Å². The number of aromatic carboxylic acids is 1. The first-order valence-electron chi connectivity index (χ1n) is 16.7. The van der Waals surface area contributed by atoms with Crippen molar-refractivity contribution >= 4 is 12.2 Å². The highest BCUT2D eigenvalue weighted by Crippen LogP contribution is 2.72. The number of rotatable bonds is 6. The van der Waals surface area contributed by atoms with E-state index in [0.29, 0.717) is 35.2 Å². The number of carbonyl (C=O) groups is 1. The van der Waals surface area contributed by atoms with Gasteiger partial charge in [-0.05, 0) is 140 Å². The summed E-state index contributed by atoms with van der Waals surface area (Å²) in [6, 6.07) is 5.73. The van der Waals surface area contributed by atoms with E-state index in [1.54, 1.807) is 6.07 Å². The van der Waals surface area contributed by atoms with Gasteiger partial charge in [0, 0.05) is 11.6 Å². The van der Waals surface area contributed by atoms with E-state index in [2.05, 4.69) is 33.8 Å². The third kappa shape index (κ3) is 4.22. The molecule has 41 heavy (non-hydrogen) atoms. The van der Waals surface area contributed by atoms with Crippen LogP contribution in [0.15, 0.2) is 18.2 Å². The van der Waals surface area contributed by atoms with Crippen LogP contribution in [0.5, 0.6) is 0 Å². The maximum absolute atomic E-state index is 12.1. The minimum atomic E-state index is -0.825. The zero-order valence-corrected chi connectivity index (χ0v) is 25.7. The Morgan fingerprint density at radius 2 is 1.83 bits per heavy atom. The molecule has 5 aliphatic carbocycles. The van der Waals surface area contributed by atoms with Gasteiger partial charge in [0.05, 0.1) is 17.8 Å². The molecule has 0 aliphatic heterocycles. The van der Waals surface area contributed by atoms with Crippen molar-refractivity contribution in [2.24, 2.45) is 57.7 Å². The van der Waals surface area contributed by atoms with Gasteiger partial charge in [-0.3, -0.25) is 0 Å². The van der Waals surface area contributed by atoms with Crippen LogP contribution >= 0.6 is 0 Å². The number of benzene rings is 1. The van der Waals surface area contributed by atoms with E-state index in [1.165, 1.54) is 5.56 Å². The number of carboxylic acid groups (broad SMARTS) is 1. The fourth-order valence-corrected chi connectivity index (χ4v) is 12.2. The monoisotopic (exact) mass is 563 g/mol. The molecule has 0 bridgehead atoms. The smallest absolute Gasteiger partial charge is 0.335 e. The summed E-state index contributed by atoms with van der Waals surface area (Å²) in [5.74, 6) is 1.80. The molecule has 0 spiro atoms. The number of aliphatic hydroxyl groups is 2. The fraction of sp³-hybridized carbons (Fsp3) is 0.778. The van der Waals surface area contributed by atoms with Crippen LogP contribution < -0.4 is 0 Å². The second kappa shape index (κ2) is 10.5. The second-order valence-corrected chi connectivity index (χ2v) is 15.6. The van der Waals surface area contributed by atoms with Gasteiger partial charge in [-0.25, -0.2) is 4.79 Å². The zero-order chi connectivity index (χ0) is 29.3. The molecule has 8 unspecified atom stereocenters. The normalized spacial score (nSPS) is 46.0. The van der Waals surface area contributed by atoms with Crippen LogP contribution in [-0.2, 0) is 12.8 Å². The van der Waals surface area contributed by atoms with Crippen molar-refractivity contribution < 1.29 is 20.1 Å². The third-order valence-corrected chi connectivity index (χ3v) is 14.4. The predicted molar refractivity (Wildman–Crippen MR) is 162 cm³/mol. The first-order chi connectivity index (χ1) is 19.5. The van der Waals surface area contributed by atoms with Gasteiger partial charge in [-0.15, -0.1) is 0 Å². The van der Waals surface area contributed by atoms with Crippen LogP contribution in [0, 0.1) is 63.1 Å². The van der Waals surface area contributed by atoms with Crippen molar-refractivity contribution in [2.45, 2.75) is 117 Å². The summed E-state index contributed by atoms with van der Waals surface area (Å²) in [6.45, 7) is 9.56. The van der Waals surface area contributed by atoms with Crippen LogP contribution in [0.4, 0.5) is 0 Å². The molecule has 5 aliphatic rings. The molecule has 0 radical (unpaired) electrons. The van der Waals surface area contributed by atoms with Crippen LogP contribution in [-0.4, -0.2) is 39.7 Å². The van der Waals surface area contributed by atoms with Gasteiger partial charge >= 0.3 is 5.97 Å². The molecule has 1 aromatic rings. The van der Waals surface area contributed by atoms with Crippen molar-refractivity contribution in [2.75, 3.05) is 0 Å². The highest BCUT2D eigenvalue weighted by molar-refractivity contribution is 5.89. The Hall–Kier alpha value is -1.72. The van der Waals surface area contributed by atoms with E-state index in [-0.39, 0.29) is 40.3 Å². The molecule has 0 aromatic heterocycles. The van der Waals surface area contributed by atoms with Crippen LogP contribution in [0.25, 0.3) is 0 Å². The summed E-state index contributed by atoms with van der Waals surface area (Å²) in [5, 5.41) is 41.4. The molecule has 6 rings (SSSR count). The van der Waals surface area contributed by atoms with E-state index in [0.717, 1.165) is 82.6 Å². The average Bonchev–Trinajstić information content (AvgIpc) is 3.27. The Kier molecular flexibility index (Phi) is 7.50. The van der Waals surface area contributed by atoms with Gasteiger partial charge in [0.15, 0.2) is 0 Å². The molecule has 0 amide bonds. The summed E-state index contributed by atoms with van der Waals surface area (Å²) >= 11 is 0. The lowest BCUT2D eigenvalue weighted by atomic mass is 9.40. The molecule has 0 heterocycles. The lowest BCUT2D eigenvalue weighted by molar-refractivity contribution is -0.206. The van der Waals surface area contributed by atoms with Crippen molar-refractivity contribution in [1.29, 1.82) is 5.41 Å². The van der Waals surface area contributed by atoms with Crippen molar-refractivity contribution in [1.82, 2.24) is 0 Å². The number of hydrogen-bond acceptors (Lipinski definition) is 4. The van der Waals surface area contributed by atoms with Crippen LogP contribution in [0.3, 0.4) is 0 Å². The number of aliphatic hydroxyl groups excluding tert-OH is 2. The van der Waals surface area contributed by atoms with E-state index >= 15 is 0 Å². The number of hydrogen-bond donors (Lipinski definition) is 4. The maximum Gasteiger partial charge on any atom is 0.335 e. The van der Waals surface area contributed by atoms with Crippen LogP contribution in [0.1, 0.15) is 113 Å². The van der Waals surface area contributed by atoms with Crippen molar-refractivity contribution in [3.05, 3.63) is 34.9 Å². The van der Waals surface area contributed by atoms with E-state index < -0.39 is 5.97 Å². The molecule has 4 N–H and O–H groups in total. The lowest BCUT2D eigenvalue weighted by Gasteiger charge is -2.65. The van der Waals surface area contributed by atoms with Crippen molar-refractivity contribution in [3.8, 4) is 0 Å². The Labute approximate surface area is 247 Å². The molecule has 5 heteroatoms. The minimum absolute atomic E-state index is 0.00915. The maximum atomic E-state index is 12.1. The molecule has 12 atom stereocenters. The summed E-state index contributed by atoms with van der Waals surface area (Å²) in [4.78, 5) is 12.0. The zero-order valence-electron chi connectivity index (χ0n) is 25.7. The SMILES string of the molecule is CC[C@@H]1C2C[C@H](O)CCC2(C)C2CCC3(C)C(CCC3(C=N)[C@H](C)CC3CCc4cccc(C(=O)O)c4C3)C2[C@@H]1O. The van der Waals surface area contributed by atoms with Gasteiger partial charge in [0.1, 0.15) is 0 Å². The average molecular weight is 564 g/mol. The highest BCUT2D eigenvalue weighted by Gasteiger charge is 2.68. The van der Waals surface area contributed by atoms with Crippen LogP contribution in [0.2, 0.25) is 0 Å². The van der Waals surface area contributed by atoms with Gasteiger partial charge in [-0.2, -0.15) is 0 Å². The standard InChI is InChI=1S/C36H53NO4/c1-5-25-30-19-24(38)11-14-34(30,3)28-12-15-35(4)29(31(28)32(25)39)13-16-36(35,20-37)21(2)17-22-9-10-23-7-6-8-26(33(40)41)27(23)18-22/h6-8,20-22,24-25,28-32,37-39H,5,9-19H2,1-4H3,(H,40,41)/t21-,22?,24-,25-,28?,29?,30?,31?,32-,34?,35?,36?/m1/s1. The summed E-state index contributed by atoms with van der Waals surface area (Å²) in [5.41, 5.74) is 2.68. The Bertz CT molecular complexity index is 1180. The predicted octanol–water partition coefficient (Wildman–Crippen LogP) is 7.16. The molecule has 4 fully saturated rings. The molecular weight excluding hydrogens is 510 g/mol. The molecule has 5 nitrogen and oxygen atoms in total. The summed E-state index contributed by atoms with van der Waals surface area (Å²) in [7, 11) is 0. The van der Waals surface area contributed by atoms with E-state index in [9.17, 15) is 20.1 Å². The first kappa shape index (κ1) is 29.4. The molecule has 1 aromatic carbocycles. The Morgan fingerprint density at radius 1 is 1.07 bits per heavy atom. The van der Waals surface area contributed by atoms with Gasteiger partial charge < -0.3 is 20.7 Å². The topological polar surface area (TPSA) is 102 Å². The Morgan fingerprint density at radius 3 is 2.54 bits per heavy atom. The lowest BCUT2D eigenvalue weighted by Crippen LogP contribution is -2.63. The minimum Gasteiger partial charge on any atom is -0.478 e. The molecule has 4 saturated carbocycles. The van der Waals surface area contributed by atoms with Gasteiger partial charge in [-0.1, -0.05) is 46.2 Å². The number of fused-ring (bicyclic) bond motifs is 6. The third-order valence-electron chi connectivity index (χ3n) is 14.4. The van der Waals surface area contributed by atoms with E-state index in [1.807, 2.05) is 12.3 Å². The number of carboxylic acids is 1. The largest absolute Gasteiger partial charge is 0.478 e. The number of aryl methyl sites for hydroxylation is 1. The van der Waals surface area contributed by atoms with Gasteiger partial charge in [0.25, 0.3) is 0 Å². The molecule has 226 valence electrons. The first-order valence-corrected chi connectivity index (χ1v) is 16.7. The number of nitrogens with one attached hydrogen (secondary N) is 1. The highest BCUT2D eigenvalue weighted by atomic mass is 16.4. The summed E-state index contributed by atoms with van der Waals surface area (Å²) < 4.78 is 0. The molecule has 0 saturated heterocycles. The Balaban J connectivity index is 1.27. The fourth-order valence-electron chi connectivity index (χ4n) is 12.2. The quantitative estimate of drug-likeness (QED) is 0.276. The van der Waals surface area contributed by atoms with Crippen molar-refractivity contribution in [3.63, 3.8) is 0 Å². The second-order valence-electron chi connectivity index (χ2n) is 15.6. The molecular formula is C36H53NO4. The van der Waals surface area contributed by atoms with Gasteiger partial charge in [0.2, 0.25) is 0 Å².